The molecule has 8 atom stereocenters. The number of likely N-dealkylation sites (tertiary alicyclic amines) is 1. The molecule has 7 rings (SSSR count). The van der Waals surface area contributed by atoms with Gasteiger partial charge in [0.1, 0.15) is 18.1 Å². The first-order chi connectivity index (χ1) is 31.2. The summed E-state index contributed by atoms with van der Waals surface area (Å²) in [4.78, 5) is 88.2. The van der Waals surface area contributed by atoms with E-state index in [1.807, 2.05) is 84.0 Å². The molecule has 2 heterocycles. The summed E-state index contributed by atoms with van der Waals surface area (Å²) in [6.07, 6.45) is 5.71. The van der Waals surface area contributed by atoms with Crippen LogP contribution in [0.3, 0.4) is 0 Å². The number of nitrogens with zero attached hydrogens (tertiary/aromatic N) is 2. The van der Waals surface area contributed by atoms with Gasteiger partial charge < -0.3 is 42.1 Å². The molecule has 354 valence electrons. The van der Waals surface area contributed by atoms with Gasteiger partial charge in [-0.05, 0) is 115 Å². The monoisotopic (exact) mass is 903 g/mol. The molecule has 6 amide bonds. The summed E-state index contributed by atoms with van der Waals surface area (Å²) in [5, 5.41) is 15.5. The molecular formula is C52H70N8O6. The highest BCUT2D eigenvalue weighted by Crippen LogP contribution is 2.34. The number of hydrogen-bond acceptors (Lipinski definition) is 8. The Morgan fingerprint density at radius 1 is 0.682 bits per heavy atom. The molecule has 1 saturated heterocycles. The molecule has 2 aliphatic heterocycles. The van der Waals surface area contributed by atoms with Gasteiger partial charge in [0.2, 0.25) is 29.5 Å². The maximum absolute atomic E-state index is 14.9. The normalized spacial score (nSPS) is 23.0. The summed E-state index contributed by atoms with van der Waals surface area (Å²) < 4.78 is 0. The van der Waals surface area contributed by atoms with Crippen molar-refractivity contribution >= 4 is 35.4 Å². The average Bonchev–Trinajstić information content (AvgIpc) is 3.72. The van der Waals surface area contributed by atoms with E-state index in [4.69, 9.17) is 5.73 Å². The number of rotatable bonds is 11. The molecule has 14 nitrogen and oxygen atoms in total. The third-order valence-corrected chi connectivity index (χ3v) is 14.2. The van der Waals surface area contributed by atoms with E-state index in [1.165, 1.54) is 16.0 Å². The number of aryl methyl sites for hydroxylation is 2. The maximum atomic E-state index is 14.9. The van der Waals surface area contributed by atoms with Gasteiger partial charge >= 0.3 is 0 Å². The van der Waals surface area contributed by atoms with Crippen molar-refractivity contribution in [3.63, 3.8) is 0 Å². The second kappa shape index (κ2) is 19.7. The Hall–Kier alpha value is -5.60. The van der Waals surface area contributed by atoms with Crippen molar-refractivity contribution < 1.29 is 28.8 Å². The van der Waals surface area contributed by atoms with Crippen molar-refractivity contribution in [2.45, 2.75) is 155 Å². The SMILES string of the molecule is CN[C@@H](C)C(=O)N[C@H](C(=O)N1Cc2cc(C(=O)N[C@H]3C[C@@H](C(=O)N[C@@H]4CCCc5ccccc54)N(C(=O)[C@@H](N)C(C)(C)C)C3)ccc2C[C@H]1C(=O)N[C@@H]1CCCc2ccccc21)C(C)(C)C. The number of amides is 6. The molecule has 14 heteroatoms. The van der Waals surface area contributed by atoms with Gasteiger partial charge in [0, 0.05) is 31.1 Å². The molecular weight excluding hydrogens is 833 g/mol. The van der Waals surface area contributed by atoms with E-state index < -0.39 is 58.9 Å². The fraction of sp³-hybridized carbons (Fsp3) is 0.538. The van der Waals surface area contributed by atoms with E-state index in [-0.39, 0.29) is 61.6 Å². The number of fused-ring (bicyclic) bond motifs is 3. The summed E-state index contributed by atoms with van der Waals surface area (Å²) in [6, 6.07) is 16.5. The third kappa shape index (κ3) is 10.5. The van der Waals surface area contributed by atoms with Gasteiger partial charge in [-0.3, -0.25) is 28.8 Å². The summed E-state index contributed by atoms with van der Waals surface area (Å²) in [5.74, 6) is -2.04. The smallest absolute Gasteiger partial charge is 0.251 e. The van der Waals surface area contributed by atoms with Crippen LogP contribution in [0.25, 0.3) is 0 Å². The predicted molar refractivity (Wildman–Crippen MR) is 254 cm³/mol. The first kappa shape index (κ1) is 48.3. The Bertz CT molecular complexity index is 2330. The summed E-state index contributed by atoms with van der Waals surface area (Å²) in [7, 11) is 1.68. The van der Waals surface area contributed by atoms with E-state index in [9.17, 15) is 28.8 Å². The Kier molecular flexibility index (Phi) is 14.4. The highest BCUT2D eigenvalue weighted by atomic mass is 16.2. The second-order valence-electron chi connectivity index (χ2n) is 21.0. The number of benzene rings is 3. The van der Waals surface area contributed by atoms with E-state index in [0.717, 1.165) is 55.2 Å². The number of nitrogens with one attached hydrogen (secondary N) is 5. The van der Waals surface area contributed by atoms with Crippen LogP contribution in [-0.2, 0) is 49.8 Å². The van der Waals surface area contributed by atoms with E-state index in [2.05, 4.69) is 38.7 Å². The van der Waals surface area contributed by atoms with Gasteiger partial charge in [-0.1, -0.05) is 96.1 Å². The molecule has 7 N–H and O–H groups in total. The average molecular weight is 903 g/mol. The van der Waals surface area contributed by atoms with E-state index >= 15 is 0 Å². The predicted octanol–water partition coefficient (Wildman–Crippen LogP) is 4.54. The molecule has 0 radical (unpaired) electrons. The van der Waals surface area contributed by atoms with E-state index in [0.29, 0.717) is 11.1 Å². The fourth-order valence-electron chi connectivity index (χ4n) is 10.00. The lowest BCUT2D eigenvalue weighted by Crippen LogP contribution is -2.62. The lowest BCUT2D eigenvalue weighted by molar-refractivity contribution is -0.147. The van der Waals surface area contributed by atoms with Crippen molar-refractivity contribution in [1.29, 1.82) is 0 Å². The largest absolute Gasteiger partial charge is 0.347 e. The number of hydrogen-bond donors (Lipinski definition) is 6. The number of carbonyl (C=O) groups is 6. The molecule has 0 bridgehead atoms. The standard InChI is InChI=1S/C52H70N8O6/c1-30(54-8)45(61)58-44(52(5,6)7)50(66)59-28-35-25-34(24-23-33(35)26-41(59)47(63)56-39-21-13-17-31-15-9-11-19-37(31)39)46(62)55-36-27-42(60(29-36)49(65)43(53)51(2,3)4)48(64)57-40-22-14-18-32-16-10-12-20-38(32)40/h9-12,15-16,19-20,23-25,30,36,39-44,54H,13-14,17-18,21-22,26-29,53H2,1-8H3,(H,55,62)(H,56,63)(H,57,64)(H,58,61)/t30-,36-,39+,40+,41-,42-,43+,44+/m0/s1. The Balaban J connectivity index is 1.13. The summed E-state index contributed by atoms with van der Waals surface area (Å²) in [5.41, 5.74) is 11.7. The number of nitrogens with two attached hydrogens (primary N) is 1. The second-order valence-corrected chi connectivity index (χ2v) is 21.0. The van der Waals surface area contributed by atoms with Gasteiger partial charge in [0.25, 0.3) is 5.91 Å². The molecule has 2 aliphatic carbocycles. The van der Waals surface area contributed by atoms with Crippen LogP contribution in [0.2, 0.25) is 0 Å². The van der Waals surface area contributed by atoms with Crippen LogP contribution >= 0.6 is 0 Å². The zero-order valence-electron chi connectivity index (χ0n) is 40.0. The molecule has 66 heavy (non-hydrogen) atoms. The van der Waals surface area contributed by atoms with Crippen LogP contribution in [0.15, 0.2) is 66.7 Å². The zero-order valence-corrected chi connectivity index (χ0v) is 40.0. The lowest BCUT2D eigenvalue weighted by Gasteiger charge is -2.42. The van der Waals surface area contributed by atoms with E-state index in [1.54, 1.807) is 31.0 Å². The van der Waals surface area contributed by atoms with Crippen LogP contribution in [0.4, 0.5) is 0 Å². The minimum atomic E-state index is -0.961. The molecule has 0 saturated carbocycles. The lowest BCUT2D eigenvalue weighted by atomic mass is 9.83. The highest BCUT2D eigenvalue weighted by Gasteiger charge is 2.46. The van der Waals surface area contributed by atoms with Crippen LogP contribution in [0.5, 0.6) is 0 Å². The van der Waals surface area contributed by atoms with Crippen LogP contribution in [0.1, 0.15) is 136 Å². The van der Waals surface area contributed by atoms with Crippen molar-refractivity contribution in [2.75, 3.05) is 13.6 Å². The molecule has 0 aromatic heterocycles. The van der Waals surface area contributed by atoms with Gasteiger partial charge in [0.15, 0.2) is 0 Å². The van der Waals surface area contributed by atoms with Crippen molar-refractivity contribution in [3.8, 4) is 0 Å². The Labute approximate surface area is 390 Å². The van der Waals surface area contributed by atoms with Gasteiger partial charge in [-0.25, -0.2) is 0 Å². The summed E-state index contributed by atoms with van der Waals surface area (Å²) >= 11 is 0. The third-order valence-electron chi connectivity index (χ3n) is 14.2. The molecule has 3 aromatic carbocycles. The number of carbonyl (C=O) groups excluding carboxylic acids is 6. The molecule has 3 aromatic rings. The molecule has 0 unspecified atom stereocenters. The van der Waals surface area contributed by atoms with Crippen LogP contribution < -0.4 is 32.3 Å². The van der Waals surface area contributed by atoms with Crippen molar-refractivity contribution in [1.82, 2.24) is 36.4 Å². The highest BCUT2D eigenvalue weighted by molar-refractivity contribution is 5.97. The zero-order chi connectivity index (χ0) is 47.7. The quantitative estimate of drug-likeness (QED) is 0.162. The minimum Gasteiger partial charge on any atom is -0.347 e. The fourth-order valence-corrected chi connectivity index (χ4v) is 10.00. The van der Waals surface area contributed by atoms with Crippen LogP contribution in [0, 0.1) is 10.8 Å². The van der Waals surface area contributed by atoms with Gasteiger partial charge in [0.05, 0.1) is 24.2 Å². The Morgan fingerprint density at radius 2 is 1.26 bits per heavy atom. The molecule has 4 aliphatic rings. The molecule has 1 fully saturated rings. The number of likely N-dealkylation sites (N-methyl/N-ethyl adjacent to an activating group) is 1. The van der Waals surface area contributed by atoms with Crippen molar-refractivity contribution in [3.05, 3.63) is 106 Å². The van der Waals surface area contributed by atoms with Gasteiger partial charge in [-0.15, -0.1) is 0 Å². The molecule has 0 spiro atoms. The summed E-state index contributed by atoms with van der Waals surface area (Å²) in [6.45, 7) is 13.2. The topological polar surface area (TPSA) is 195 Å². The van der Waals surface area contributed by atoms with Crippen LogP contribution in [-0.4, -0.2) is 95.1 Å². The minimum absolute atomic E-state index is 0.0294. The maximum Gasteiger partial charge on any atom is 0.251 e. The first-order valence-electron chi connectivity index (χ1n) is 23.8. The Morgan fingerprint density at radius 3 is 1.82 bits per heavy atom. The first-order valence-corrected chi connectivity index (χ1v) is 23.8. The van der Waals surface area contributed by atoms with Crippen molar-refractivity contribution in [2.24, 2.45) is 16.6 Å². The van der Waals surface area contributed by atoms with Gasteiger partial charge in [-0.2, -0.15) is 0 Å².